The van der Waals surface area contributed by atoms with E-state index in [0.717, 1.165) is 0 Å². The number of hydrogen-bond acceptors (Lipinski definition) is 8. The van der Waals surface area contributed by atoms with Gasteiger partial charge in [-0.25, -0.2) is 9.59 Å². The lowest BCUT2D eigenvalue weighted by molar-refractivity contribution is -0.0316. The Kier molecular flexibility index (Phi) is 5.92. The van der Waals surface area contributed by atoms with Crippen LogP contribution >= 0.6 is 0 Å². The molecule has 2 N–H and O–H groups in total. The molecule has 3 amide bonds. The van der Waals surface area contributed by atoms with E-state index in [4.69, 9.17) is 14.1 Å². The SMILES string of the molecule is CC(C)(C)OC(=O)NCCC1CC([C@@H]2CC[C@H]3CN2C(=O)N3OS(=O)(=O)O)=NO1. The van der Waals surface area contributed by atoms with Crippen LogP contribution in [0.15, 0.2) is 5.16 Å². The van der Waals surface area contributed by atoms with E-state index < -0.39 is 34.2 Å². The van der Waals surface area contributed by atoms with E-state index in [1.165, 1.54) is 4.90 Å². The van der Waals surface area contributed by atoms with E-state index in [1.807, 2.05) is 0 Å². The molecule has 3 rings (SSSR count). The van der Waals surface area contributed by atoms with Gasteiger partial charge >= 0.3 is 22.5 Å². The van der Waals surface area contributed by atoms with Crippen LogP contribution in [0.4, 0.5) is 9.59 Å². The topological polar surface area (TPSA) is 147 Å². The number of carbonyl (C=O) groups excluding carboxylic acids is 2. The van der Waals surface area contributed by atoms with Crippen LogP contribution < -0.4 is 5.32 Å². The minimum atomic E-state index is -4.77. The van der Waals surface area contributed by atoms with Gasteiger partial charge in [-0.2, -0.15) is 13.5 Å². The quantitative estimate of drug-likeness (QED) is 0.590. The zero-order valence-corrected chi connectivity index (χ0v) is 17.3. The van der Waals surface area contributed by atoms with E-state index in [9.17, 15) is 18.0 Å². The summed E-state index contributed by atoms with van der Waals surface area (Å²) in [6.07, 6.45) is 1.36. The number of ether oxygens (including phenoxy) is 1. The molecule has 2 fully saturated rings. The molecule has 3 aliphatic rings. The molecule has 0 aromatic heterocycles. The molecule has 0 aliphatic carbocycles. The van der Waals surface area contributed by atoms with Gasteiger partial charge in [0.2, 0.25) is 0 Å². The summed E-state index contributed by atoms with van der Waals surface area (Å²) in [4.78, 5) is 31.0. The van der Waals surface area contributed by atoms with Crippen molar-refractivity contribution in [1.29, 1.82) is 0 Å². The molecule has 164 valence electrons. The fraction of sp³-hybridized carbons (Fsp3) is 0.812. The number of amides is 3. The lowest BCUT2D eigenvalue weighted by atomic mass is 9.94. The summed E-state index contributed by atoms with van der Waals surface area (Å²) in [7, 11) is -4.77. The summed E-state index contributed by atoms with van der Waals surface area (Å²) >= 11 is 0. The average Bonchev–Trinajstić information content (AvgIpc) is 3.12. The number of nitrogens with zero attached hydrogens (tertiary/aromatic N) is 3. The van der Waals surface area contributed by atoms with Crippen molar-refractivity contribution in [3.63, 3.8) is 0 Å². The molecule has 29 heavy (non-hydrogen) atoms. The Morgan fingerprint density at radius 3 is 2.76 bits per heavy atom. The third-order valence-electron chi connectivity index (χ3n) is 4.77. The minimum Gasteiger partial charge on any atom is -0.444 e. The largest absolute Gasteiger partial charge is 0.444 e. The Hall–Kier alpha value is -2.12. The number of fused-ring (bicyclic) bond motifs is 2. The summed E-state index contributed by atoms with van der Waals surface area (Å²) < 4.78 is 40.4. The first-order valence-corrected chi connectivity index (χ1v) is 10.8. The Labute approximate surface area is 169 Å². The van der Waals surface area contributed by atoms with Crippen molar-refractivity contribution in [1.82, 2.24) is 15.3 Å². The number of urea groups is 1. The van der Waals surface area contributed by atoms with E-state index in [0.29, 0.717) is 43.0 Å². The van der Waals surface area contributed by atoms with Crippen molar-refractivity contribution in [2.24, 2.45) is 5.16 Å². The third-order valence-corrected chi connectivity index (χ3v) is 5.12. The molecule has 3 heterocycles. The van der Waals surface area contributed by atoms with Crippen LogP contribution in [0, 0.1) is 0 Å². The Balaban J connectivity index is 1.48. The first kappa shape index (κ1) is 21.6. The molecule has 0 radical (unpaired) electrons. The second-order valence-electron chi connectivity index (χ2n) is 8.24. The smallest absolute Gasteiger partial charge is 0.418 e. The van der Waals surface area contributed by atoms with Gasteiger partial charge in [0, 0.05) is 25.9 Å². The van der Waals surface area contributed by atoms with Gasteiger partial charge in [-0.05, 0) is 33.6 Å². The highest BCUT2D eigenvalue weighted by Crippen LogP contribution is 2.33. The van der Waals surface area contributed by atoms with Crippen LogP contribution in [-0.2, 0) is 24.3 Å². The Bertz CT molecular complexity index is 793. The van der Waals surface area contributed by atoms with Crippen molar-refractivity contribution in [2.45, 2.75) is 70.2 Å². The van der Waals surface area contributed by atoms with E-state index in [-0.39, 0.29) is 18.7 Å². The molecule has 13 heteroatoms. The molecule has 2 saturated heterocycles. The normalized spacial score (nSPS) is 27.0. The summed E-state index contributed by atoms with van der Waals surface area (Å²) in [5, 5.41) is 7.46. The third kappa shape index (κ3) is 5.48. The van der Waals surface area contributed by atoms with Crippen molar-refractivity contribution in [2.75, 3.05) is 13.1 Å². The average molecular weight is 434 g/mol. The van der Waals surface area contributed by atoms with Gasteiger partial charge in [0.15, 0.2) is 0 Å². The van der Waals surface area contributed by atoms with Gasteiger partial charge in [0.05, 0.1) is 17.8 Å². The van der Waals surface area contributed by atoms with Crippen molar-refractivity contribution >= 4 is 28.2 Å². The summed E-state index contributed by atoms with van der Waals surface area (Å²) in [6, 6.07) is -1.40. The Morgan fingerprint density at radius 2 is 2.10 bits per heavy atom. The molecule has 0 aromatic carbocycles. The fourth-order valence-corrected chi connectivity index (χ4v) is 4.02. The van der Waals surface area contributed by atoms with Crippen LogP contribution in [0.2, 0.25) is 0 Å². The van der Waals surface area contributed by atoms with Crippen LogP contribution in [0.25, 0.3) is 0 Å². The van der Waals surface area contributed by atoms with E-state index in [1.54, 1.807) is 20.8 Å². The number of rotatable bonds is 6. The minimum absolute atomic E-state index is 0.236. The highest BCUT2D eigenvalue weighted by Gasteiger charge is 2.49. The maximum Gasteiger partial charge on any atom is 0.418 e. The molecule has 0 aromatic rings. The predicted molar refractivity (Wildman–Crippen MR) is 99.2 cm³/mol. The number of hydroxylamine groups is 2. The molecular weight excluding hydrogens is 408 g/mol. The first-order valence-electron chi connectivity index (χ1n) is 9.39. The molecule has 1 unspecified atom stereocenters. The van der Waals surface area contributed by atoms with Gasteiger partial charge in [-0.3, -0.25) is 4.55 Å². The lowest BCUT2D eigenvalue weighted by Gasteiger charge is -2.29. The number of oxime groups is 1. The number of nitrogens with one attached hydrogen (secondary N) is 1. The van der Waals surface area contributed by atoms with Crippen LogP contribution in [0.1, 0.15) is 46.5 Å². The highest BCUT2D eigenvalue weighted by atomic mass is 32.3. The second-order valence-corrected chi connectivity index (χ2v) is 9.25. The van der Waals surface area contributed by atoms with Gasteiger partial charge in [-0.15, -0.1) is 4.28 Å². The monoisotopic (exact) mass is 434 g/mol. The summed E-state index contributed by atoms with van der Waals surface area (Å²) in [5.41, 5.74) is 0.117. The molecule has 12 nitrogen and oxygen atoms in total. The summed E-state index contributed by atoms with van der Waals surface area (Å²) in [5.74, 6) is 0. The Morgan fingerprint density at radius 1 is 1.38 bits per heavy atom. The molecule has 0 saturated carbocycles. The maximum absolute atomic E-state index is 12.5. The number of carbonyl (C=O) groups is 2. The van der Waals surface area contributed by atoms with E-state index >= 15 is 0 Å². The van der Waals surface area contributed by atoms with E-state index in [2.05, 4.69) is 14.8 Å². The van der Waals surface area contributed by atoms with Gasteiger partial charge in [0.1, 0.15) is 11.7 Å². The predicted octanol–water partition coefficient (Wildman–Crippen LogP) is 1.05. The molecule has 3 atom stereocenters. The van der Waals surface area contributed by atoms with Gasteiger partial charge in [-0.1, -0.05) is 5.16 Å². The highest BCUT2D eigenvalue weighted by molar-refractivity contribution is 7.80. The summed E-state index contributed by atoms with van der Waals surface area (Å²) in [6.45, 7) is 5.98. The second kappa shape index (κ2) is 7.95. The van der Waals surface area contributed by atoms with Crippen molar-refractivity contribution < 1.29 is 36.4 Å². The first-order chi connectivity index (χ1) is 13.4. The van der Waals surface area contributed by atoms with Crippen LogP contribution in [-0.4, -0.2) is 77.6 Å². The molecule has 3 aliphatic heterocycles. The maximum atomic E-state index is 12.5. The zero-order chi connectivity index (χ0) is 21.4. The number of alkyl carbamates (subject to hydrolysis) is 1. The zero-order valence-electron chi connectivity index (χ0n) is 16.5. The number of piperidine rings is 1. The van der Waals surface area contributed by atoms with Crippen molar-refractivity contribution in [3.05, 3.63) is 0 Å². The fourth-order valence-electron chi connectivity index (χ4n) is 3.63. The van der Waals surface area contributed by atoms with Crippen molar-refractivity contribution in [3.8, 4) is 0 Å². The molecule has 0 spiro atoms. The van der Waals surface area contributed by atoms with Gasteiger partial charge < -0.3 is 19.8 Å². The van der Waals surface area contributed by atoms with Crippen LogP contribution in [0.5, 0.6) is 0 Å². The van der Waals surface area contributed by atoms with Crippen LogP contribution in [0.3, 0.4) is 0 Å². The number of hydrogen-bond donors (Lipinski definition) is 2. The lowest BCUT2D eigenvalue weighted by Crippen LogP contribution is -2.45. The molecule has 2 bridgehead atoms. The van der Waals surface area contributed by atoms with Gasteiger partial charge in [0.25, 0.3) is 0 Å². The standard InChI is InChI=1S/C16H26N4O8S/c1-16(2,3)26-14(21)17-7-6-11-8-12(18-27-11)13-5-4-10-9-19(13)15(22)20(10)28-29(23,24)25/h10-11,13H,4-9H2,1-3H3,(H,17,21)(H,23,24,25)/t10-,11?,13-/m0/s1. The molecular formula is C16H26N4O8S.